The van der Waals surface area contributed by atoms with Gasteiger partial charge < -0.3 is 25.0 Å². The highest BCUT2D eigenvalue weighted by Gasteiger charge is 2.35. The van der Waals surface area contributed by atoms with Crippen LogP contribution >= 0.6 is 0 Å². The molecule has 0 aliphatic heterocycles. The zero-order chi connectivity index (χ0) is 27.7. The second kappa shape index (κ2) is 13.9. The van der Waals surface area contributed by atoms with Crippen LogP contribution in [0.15, 0.2) is 18.2 Å². The topological polar surface area (TPSA) is 134 Å². The minimum Gasteiger partial charge on any atom is -0.358 e. The number of carbonyl (C=O) groups is 3. The molecule has 3 amide bonds. The first-order valence-corrected chi connectivity index (χ1v) is 14.7. The molecule has 0 aromatic heterocycles. The predicted molar refractivity (Wildman–Crippen MR) is 140 cm³/mol. The largest absolute Gasteiger partial charge is 0.488 e. The van der Waals surface area contributed by atoms with Crippen molar-refractivity contribution in [2.24, 2.45) is 5.92 Å². The van der Waals surface area contributed by atoms with E-state index >= 15 is 0 Å². The van der Waals surface area contributed by atoms with Gasteiger partial charge in [-0.05, 0) is 63.1 Å². The Hall–Kier alpha value is -2.73. The summed E-state index contributed by atoms with van der Waals surface area (Å²) in [6, 6.07) is 3.57. The summed E-state index contributed by atoms with van der Waals surface area (Å²) >= 11 is 0. The van der Waals surface area contributed by atoms with Gasteiger partial charge in [0.2, 0.25) is 17.7 Å². The molecule has 1 fully saturated rings. The predicted octanol–water partition coefficient (Wildman–Crippen LogP) is 2.30. The molecular weight excluding hydrogens is 515 g/mol. The van der Waals surface area contributed by atoms with Gasteiger partial charge in [-0.3, -0.25) is 14.4 Å². The number of amides is 3. The number of fused-ring (bicyclic) bond motifs is 1. The lowest BCUT2D eigenvalue weighted by Crippen LogP contribution is -2.55. The maximum absolute atomic E-state index is 13.7. The van der Waals surface area contributed by atoms with Crippen molar-refractivity contribution in [1.29, 1.82) is 0 Å². The Morgan fingerprint density at radius 3 is 2.50 bits per heavy atom. The van der Waals surface area contributed by atoms with E-state index in [-0.39, 0.29) is 42.5 Å². The van der Waals surface area contributed by atoms with Crippen LogP contribution in [-0.2, 0) is 31.3 Å². The minimum absolute atomic E-state index is 0.0231. The fourth-order valence-electron chi connectivity index (χ4n) is 5.53. The smallest absolute Gasteiger partial charge is 0.358 e. The Balaban J connectivity index is 1.74. The zero-order valence-corrected chi connectivity index (χ0v) is 22.9. The molecule has 0 saturated heterocycles. The Kier molecular flexibility index (Phi) is 10.9. The van der Waals surface area contributed by atoms with Crippen molar-refractivity contribution < 1.29 is 30.9 Å². The Morgan fingerprint density at radius 2 is 1.84 bits per heavy atom. The Labute approximate surface area is 224 Å². The molecule has 0 heterocycles. The van der Waals surface area contributed by atoms with Crippen LogP contribution in [0.3, 0.4) is 0 Å². The van der Waals surface area contributed by atoms with Crippen molar-refractivity contribution in [1.82, 2.24) is 20.9 Å². The second-order valence-corrected chi connectivity index (χ2v) is 11.0. The summed E-state index contributed by atoms with van der Waals surface area (Å²) in [5.41, 5.74) is 1.20. The quantitative estimate of drug-likeness (QED) is 0.338. The van der Waals surface area contributed by atoms with Gasteiger partial charge in [-0.25, -0.2) is 0 Å². The van der Waals surface area contributed by atoms with Gasteiger partial charge in [0, 0.05) is 12.1 Å². The van der Waals surface area contributed by atoms with E-state index in [9.17, 15) is 26.7 Å². The molecule has 0 spiro atoms. The van der Waals surface area contributed by atoms with Gasteiger partial charge in [0.25, 0.3) is 0 Å². The third-order valence-electron chi connectivity index (χ3n) is 7.17. The summed E-state index contributed by atoms with van der Waals surface area (Å²) in [6.07, 6.45) is 7.19. The molecule has 0 radical (unpaired) electrons. The summed E-state index contributed by atoms with van der Waals surface area (Å²) in [5.74, 6) is -0.942. The fraction of sp³-hybridized carbons (Fsp3) is 0.654. The van der Waals surface area contributed by atoms with E-state index in [0.29, 0.717) is 43.4 Å². The Bertz CT molecular complexity index is 1090. The minimum atomic E-state index is -5.18. The van der Waals surface area contributed by atoms with Crippen LogP contribution in [0.4, 0.5) is 3.89 Å². The number of carbonyl (C=O) groups excluding carboxylic acids is 3. The molecule has 2 aliphatic carbocycles. The summed E-state index contributed by atoms with van der Waals surface area (Å²) in [6.45, 7) is 2.22. The molecule has 1 saturated carbocycles. The molecular formula is C26H39FN4O6S. The lowest BCUT2D eigenvalue weighted by atomic mass is 9.83. The summed E-state index contributed by atoms with van der Waals surface area (Å²) in [7, 11) is -3.51. The molecule has 3 rings (SSSR count). The molecule has 1 aromatic rings. The number of nitrogens with zero attached hydrogens (tertiary/aromatic N) is 1. The molecule has 0 bridgehead atoms. The number of halogens is 1. The molecule has 2 aliphatic rings. The van der Waals surface area contributed by atoms with Crippen LogP contribution < -0.4 is 20.1 Å². The van der Waals surface area contributed by atoms with Crippen molar-refractivity contribution >= 4 is 28.2 Å². The van der Waals surface area contributed by atoms with Crippen molar-refractivity contribution in [3.8, 4) is 5.75 Å². The Morgan fingerprint density at radius 1 is 1.11 bits per heavy atom. The molecule has 1 aromatic carbocycles. The highest BCUT2D eigenvalue weighted by molar-refractivity contribution is 7.81. The third-order valence-corrected chi connectivity index (χ3v) is 7.55. The summed E-state index contributed by atoms with van der Waals surface area (Å²) in [4.78, 5) is 40.7. The summed E-state index contributed by atoms with van der Waals surface area (Å²) in [5, 5.41) is 8.67. The number of nitrogens with one attached hydrogen (secondary N) is 3. The lowest BCUT2D eigenvalue weighted by molar-refractivity contribution is -0.141. The van der Waals surface area contributed by atoms with E-state index in [4.69, 9.17) is 0 Å². The molecule has 2 atom stereocenters. The van der Waals surface area contributed by atoms with Crippen LogP contribution in [0.1, 0.15) is 75.5 Å². The third kappa shape index (κ3) is 8.39. The zero-order valence-electron chi connectivity index (χ0n) is 22.1. The second-order valence-electron chi connectivity index (χ2n) is 10.0. The van der Waals surface area contributed by atoms with Gasteiger partial charge in [0.1, 0.15) is 11.8 Å². The molecule has 212 valence electrons. The fourth-order valence-corrected chi connectivity index (χ4v) is 5.90. The first kappa shape index (κ1) is 29.8. The number of rotatable bonds is 12. The number of benzene rings is 1. The van der Waals surface area contributed by atoms with Gasteiger partial charge in [0.05, 0.1) is 19.1 Å². The standard InChI is InChI=1S/C26H39FN4O6S/c1-3-15-31(26(34)25(30-23(32)16-28-2)18-9-5-4-6-10-18)17-24(33)29-21-13-7-12-20-19(21)11-8-14-22(20)37-38(27,35)36/h8,11,14,18,21,25,28H,3-7,9-10,12-13,15-17H2,1-2H3,(H,29,33)(H,30,32). The maximum atomic E-state index is 13.7. The van der Waals surface area contributed by atoms with Crippen LogP contribution in [0.25, 0.3) is 0 Å². The van der Waals surface area contributed by atoms with Gasteiger partial charge in [-0.15, -0.1) is 0 Å². The SMILES string of the molecule is CCCN(CC(=O)NC1CCCc2c(OS(=O)(=O)F)cccc21)C(=O)C(NC(=O)CNC)C1CCCCC1. The first-order valence-electron chi connectivity index (χ1n) is 13.4. The van der Waals surface area contributed by atoms with Crippen molar-refractivity contribution in [3.63, 3.8) is 0 Å². The van der Waals surface area contributed by atoms with Gasteiger partial charge in [-0.1, -0.05) is 42.2 Å². The van der Waals surface area contributed by atoms with E-state index in [0.717, 1.165) is 32.1 Å². The average Bonchev–Trinajstić information content (AvgIpc) is 2.87. The first-order chi connectivity index (χ1) is 18.1. The molecule has 12 heteroatoms. The van der Waals surface area contributed by atoms with E-state index in [1.165, 1.54) is 11.0 Å². The van der Waals surface area contributed by atoms with Crippen LogP contribution in [0, 0.1) is 5.92 Å². The van der Waals surface area contributed by atoms with E-state index in [1.54, 1.807) is 19.2 Å². The highest BCUT2D eigenvalue weighted by atomic mass is 32.3. The number of hydrogen-bond acceptors (Lipinski definition) is 7. The van der Waals surface area contributed by atoms with Crippen LogP contribution in [-0.4, -0.2) is 63.8 Å². The van der Waals surface area contributed by atoms with Gasteiger partial charge in [-0.2, -0.15) is 8.42 Å². The van der Waals surface area contributed by atoms with Gasteiger partial charge in [0.15, 0.2) is 0 Å². The van der Waals surface area contributed by atoms with Crippen molar-refractivity contribution in [3.05, 3.63) is 29.3 Å². The van der Waals surface area contributed by atoms with E-state index in [2.05, 4.69) is 20.1 Å². The van der Waals surface area contributed by atoms with Crippen molar-refractivity contribution in [2.45, 2.75) is 76.8 Å². The average molecular weight is 555 g/mol. The highest BCUT2D eigenvalue weighted by Crippen LogP contribution is 2.36. The van der Waals surface area contributed by atoms with Gasteiger partial charge >= 0.3 is 10.5 Å². The normalized spacial score (nSPS) is 18.7. The van der Waals surface area contributed by atoms with E-state index < -0.39 is 22.6 Å². The molecule has 38 heavy (non-hydrogen) atoms. The van der Waals surface area contributed by atoms with Crippen LogP contribution in [0.5, 0.6) is 5.75 Å². The number of likely N-dealkylation sites (N-methyl/N-ethyl adjacent to an activating group) is 1. The molecule has 3 N–H and O–H groups in total. The molecule has 2 unspecified atom stereocenters. The van der Waals surface area contributed by atoms with Crippen molar-refractivity contribution in [2.75, 3.05) is 26.7 Å². The molecule has 10 nitrogen and oxygen atoms in total. The maximum Gasteiger partial charge on any atom is 0.488 e. The van der Waals surface area contributed by atoms with Crippen LogP contribution in [0.2, 0.25) is 0 Å². The lowest BCUT2D eigenvalue weighted by Gasteiger charge is -2.34. The summed E-state index contributed by atoms with van der Waals surface area (Å²) < 4.78 is 39.8. The van der Waals surface area contributed by atoms with E-state index in [1.807, 2.05) is 6.92 Å². The number of hydrogen-bond donors (Lipinski definition) is 3. The monoisotopic (exact) mass is 554 g/mol.